The van der Waals surface area contributed by atoms with Gasteiger partial charge in [-0.05, 0) is 36.8 Å². The highest BCUT2D eigenvalue weighted by Gasteiger charge is 2.54. The lowest BCUT2D eigenvalue weighted by Gasteiger charge is -2.49. The zero-order valence-electron chi connectivity index (χ0n) is 22.6. The van der Waals surface area contributed by atoms with Crippen LogP contribution in [0.4, 0.5) is 5.13 Å². The van der Waals surface area contributed by atoms with Gasteiger partial charge in [-0.25, -0.2) is 19.3 Å². The van der Waals surface area contributed by atoms with Crippen molar-refractivity contribution in [3.8, 4) is 0 Å². The number of esters is 1. The van der Waals surface area contributed by atoms with Crippen LogP contribution in [0.15, 0.2) is 27.0 Å². The molecular formula is C22H25N9O8S3. The summed E-state index contributed by atoms with van der Waals surface area (Å²) in [6.45, 7) is 4.42. The van der Waals surface area contributed by atoms with Crippen molar-refractivity contribution in [2.75, 3.05) is 23.4 Å². The van der Waals surface area contributed by atoms with Gasteiger partial charge in [-0.2, -0.15) is 0 Å². The third kappa shape index (κ3) is 7.05. The number of carbonyl (C=O) groups excluding carboxylic acids is 4. The SMILES string of the molecule is Cn1nnnc1SCC1=C(C(=O)O)N2C(=O)C(NC(=O)C(=NOCC(=O)OC(C)(C)C)c3csc(NC=O)n3)[C@@H]2SC1. The number of rotatable bonds is 12. The largest absolute Gasteiger partial charge is 0.477 e. The van der Waals surface area contributed by atoms with Crippen LogP contribution in [-0.4, -0.2) is 106 Å². The lowest BCUT2D eigenvalue weighted by molar-refractivity contribution is -0.160. The van der Waals surface area contributed by atoms with Crippen LogP contribution in [0.3, 0.4) is 0 Å². The predicted octanol–water partition coefficient (Wildman–Crippen LogP) is -0.172. The van der Waals surface area contributed by atoms with E-state index >= 15 is 0 Å². The molecule has 4 rings (SSSR count). The summed E-state index contributed by atoms with van der Waals surface area (Å²) in [4.78, 5) is 71.7. The van der Waals surface area contributed by atoms with Gasteiger partial charge in [0.15, 0.2) is 10.8 Å². The van der Waals surface area contributed by atoms with E-state index in [1.165, 1.54) is 33.6 Å². The van der Waals surface area contributed by atoms with Crippen LogP contribution in [0, 0.1) is 0 Å². The normalized spacial score (nSPS) is 18.6. The van der Waals surface area contributed by atoms with E-state index in [0.29, 0.717) is 17.1 Å². The smallest absolute Gasteiger partial charge is 0.352 e. The predicted molar refractivity (Wildman–Crippen MR) is 149 cm³/mol. The number of amides is 3. The van der Waals surface area contributed by atoms with E-state index in [9.17, 15) is 29.1 Å². The van der Waals surface area contributed by atoms with Gasteiger partial charge >= 0.3 is 11.9 Å². The average molecular weight is 640 g/mol. The molecule has 3 amide bonds. The number of hydrogen-bond acceptors (Lipinski definition) is 15. The van der Waals surface area contributed by atoms with Crippen LogP contribution in [0.2, 0.25) is 0 Å². The zero-order chi connectivity index (χ0) is 30.6. The number of anilines is 1. The van der Waals surface area contributed by atoms with Crippen LogP contribution in [-0.2, 0) is 40.6 Å². The summed E-state index contributed by atoms with van der Waals surface area (Å²) in [7, 11) is 1.65. The molecule has 0 aromatic carbocycles. The summed E-state index contributed by atoms with van der Waals surface area (Å²) in [6.07, 6.45) is 0.408. The molecule has 2 aliphatic heterocycles. The standard InChI is InChI=1S/C22H25N9O8S3/c1-22(2,3)39-12(33)5-38-27-13(11-8-41-20(24-11)23-9-32)16(34)25-14-17(35)31-15(19(36)37)10(6-40-18(14)31)7-42-21-26-28-29-30(21)4/h8-9,14,18H,5-7H2,1-4H3,(H,25,34)(H,36,37)(H,23,24,32)/t14?,18-/m0/s1. The van der Waals surface area contributed by atoms with Gasteiger partial charge in [0, 0.05) is 23.9 Å². The number of nitrogens with zero attached hydrogens (tertiary/aromatic N) is 7. The number of ether oxygens (including phenoxy) is 1. The number of aryl methyl sites for hydroxylation is 1. The molecule has 1 fully saturated rings. The topological polar surface area (TPSA) is 220 Å². The number of carboxylic acids is 1. The average Bonchev–Trinajstić information content (AvgIpc) is 3.55. The molecule has 0 bridgehead atoms. The van der Waals surface area contributed by atoms with Crippen LogP contribution in [0.5, 0.6) is 0 Å². The van der Waals surface area contributed by atoms with E-state index in [1.54, 1.807) is 27.8 Å². The maximum absolute atomic E-state index is 13.3. The van der Waals surface area contributed by atoms with E-state index in [-0.39, 0.29) is 33.7 Å². The summed E-state index contributed by atoms with van der Waals surface area (Å²) in [6, 6.07) is -1.07. The second-order valence-corrected chi connectivity index (χ2v) is 12.5. The molecule has 2 atom stereocenters. The molecule has 1 saturated heterocycles. The Morgan fingerprint density at radius 3 is 2.74 bits per heavy atom. The monoisotopic (exact) mass is 639 g/mol. The van der Waals surface area contributed by atoms with E-state index < -0.39 is 47.4 Å². The molecule has 2 aliphatic rings. The van der Waals surface area contributed by atoms with Gasteiger partial charge in [0.05, 0.1) is 0 Å². The Labute approximate surface area is 250 Å². The third-order valence-electron chi connectivity index (χ3n) is 5.40. The van der Waals surface area contributed by atoms with Crippen molar-refractivity contribution in [1.82, 2.24) is 35.4 Å². The minimum absolute atomic E-state index is 0.00895. The minimum Gasteiger partial charge on any atom is -0.477 e. The Kier molecular flexibility index (Phi) is 9.46. The van der Waals surface area contributed by atoms with Crippen molar-refractivity contribution in [1.29, 1.82) is 0 Å². The molecule has 4 heterocycles. The Bertz CT molecular complexity index is 1460. The first-order chi connectivity index (χ1) is 19.9. The highest BCUT2D eigenvalue weighted by atomic mass is 32.2. The van der Waals surface area contributed by atoms with Crippen LogP contribution < -0.4 is 10.6 Å². The number of oxime groups is 1. The zero-order valence-corrected chi connectivity index (χ0v) is 25.0. The number of thioether (sulfide) groups is 2. The molecule has 2 aromatic heterocycles. The van der Waals surface area contributed by atoms with Gasteiger partial charge in [0.2, 0.25) is 18.2 Å². The maximum Gasteiger partial charge on any atom is 0.352 e. The highest BCUT2D eigenvalue weighted by molar-refractivity contribution is 8.01. The van der Waals surface area contributed by atoms with Gasteiger partial charge < -0.3 is 25.3 Å². The first kappa shape index (κ1) is 30.9. The Balaban J connectivity index is 1.49. The number of tetrazole rings is 1. The molecule has 0 radical (unpaired) electrons. The van der Waals surface area contributed by atoms with Crippen LogP contribution in [0.25, 0.3) is 0 Å². The van der Waals surface area contributed by atoms with Gasteiger partial charge in [0.25, 0.3) is 11.8 Å². The molecule has 3 N–H and O–H groups in total. The van der Waals surface area contributed by atoms with Crippen molar-refractivity contribution in [2.24, 2.45) is 12.2 Å². The molecule has 2 aromatic rings. The summed E-state index contributed by atoms with van der Waals surface area (Å²) in [5, 5.41) is 31.1. The lowest BCUT2D eigenvalue weighted by atomic mass is 10.0. The van der Waals surface area contributed by atoms with Crippen LogP contribution >= 0.6 is 34.9 Å². The number of hydrogen-bond donors (Lipinski definition) is 3. The van der Waals surface area contributed by atoms with Crippen LogP contribution in [0.1, 0.15) is 26.5 Å². The van der Waals surface area contributed by atoms with Crippen molar-refractivity contribution in [2.45, 2.75) is 42.9 Å². The fraction of sp³-hybridized carbons (Fsp3) is 0.455. The minimum atomic E-state index is -1.28. The first-order valence-electron chi connectivity index (χ1n) is 12.0. The summed E-state index contributed by atoms with van der Waals surface area (Å²) < 4.78 is 6.60. The Hall–Kier alpha value is -4.04. The second-order valence-electron chi connectivity index (χ2n) is 9.59. The van der Waals surface area contributed by atoms with E-state index in [1.807, 2.05) is 0 Å². The molecule has 42 heavy (non-hydrogen) atoms. The third-order valence-corrected chi connectivity index (χ3v) is 8.61. The van der Waals surface area contributed by atoms with E-state index in [4.69, 9.17) is 9.57 Å². The number of carboxylic acid groups (broad SMARTS) is 1. The molecule has 224 valence electrons. The molecule has 1 unspecified atom stereocenters. The van der Waals surface area contributed by atoms with Gasteiger partial charge in [-0.3, -0.25) is 19.3 Å². The molecule has 17 nitrogen and oxygen atoms in total. The molecule has 0 spiro atoms. The van der Waals surface area contributed by atoms with Crippen molar-refractivity contribution in [3.63, 3.8) is 0 Å². The molecule has 20 heteroatoms. The van der Waals surface area contributed by atoms with Crippen molar-refractivity contribution < 1.29 is 38.7 Å². The fourth-order valence-electron chi connectivity index (χ4n) is 3.72. The first-order valence-corrected chi connectivity index (χ1v) is 14.9. The molecule has 0 saturated carbocycles. The summed E-state index contributed by atoms with van der Waals surface area (Å²) in [5.74, 6) is -2.97. The summed E-state index contributed by atoms with van der Waals surface area (Å²) >= 11 is 3.52. The Morgan fingerprint density at radius 1 is 1.33 bits per heavy atom. The second kappa shape index (κ2) is 12.9. The quantitative estimate of drug-likeness (QED) is 0.0686. The van der Waals surface area contributed by atoms with E-state index in [2.05, 4.69) is 36.3 Å². The fourth-order valence-corrected chi connectivity index (χ4v) is 6.71. The number of nitrogens with one attached hydrogen (secondary N) is 2. The maximum atomic E-state index is 13.3. The van der Waals surface area contributed by atoms with Crippen molar-refractivity contribution >= 4 is 75.9 Å². The lowest BCUT2D eigenvalue weighted by Crippen LogP contribution is -2.71. The number of fused-ring (bicyclic) bond motifs is 1. The van der Waals surface area contributed by atoms with Gasteiger partial charge in [-0.15, -0.1) is 28.2 Å². The molecule has 0 aliphatic carbocycles. The van der Waals surface area contributed by atoms with Gasteiger partial charge in [0.1, 0.15) is 28.4 Å². The van der Waals surface area contributed by atoms with Crippen molar-refractivity contribution in [3.05, 3.63) is 22.3 Å². The number of aromatic nitrogens is 5. The van der Waals surface area contributed by atoms with Gasteiger partial charge in [-0.1, -0.05) is 16.9 Å². The highest BCUT2D eigenvalue weighted by Crippen LogP contribution is 2.41. The number of carbonyl (C=O) groups is 5. The Morgan fingerprint density at radius 2 is 2.10 bits per heavy atom. The summed E-state index contributed by atoms with van der Waals surface area (Å²) in [5.41, 5.74) is -0.781. The number of aliphatic carboxylic acids is 1. The molecular weight excluding hydrogens is 614 g/mol. The number of thiazole rings is 1. The van der Waals surface area contributed by atoms with E-state index in [0.717, 1.165) is 16.2 Å². The number of β-lactam (4-membered cyclic amide) rings is 1.